The largest absolute Gasteiger partial charge is 0.347 e. The highest BCUT2D eigenvalue weighted by atomic mass is 79.9. The van der Waals surface area contributed by atoms with Gasteiger partial charge < -0.3 is 5.32 Å². The van der Waals surface area contributed by atoms with Gasteiger partial charge in [-0.25, -0.2) is 18.5 Å². The molecule has 0 saturated carbocycles. The number of aromatic nitrogens is 1. The number of nitrogens with two attached hydrogens (primary N) is 1. The van der Waals surface area contributed by atoms with Gasteiger partial charge in [0.2, 0.25) is 10.0 Å². The summed E-state index contributed by atoms with van der Waals surface area (Å²) in [6, 6.07) is 9.50. The van der Waals surface area contributed by atoms with Crippen molar-refractivity contribution in [2.75, 3.05) is 0 Å². The van der Waals surface area contributed by atoms with Gasteiger partial charge in [-0.2, -0.15) is 0 Å². The van der Waals surface area contributed by atoms with Crippen LogP contribution in [0, 0.1) is 0 Å². The summed E-state index contributed by atoms with van der Waals surface area (Å²) in [5.41, 5.74) is 0.891. The maximum absolute atomic E-state index is 12.0. The summed E-state index contributed by atoms with van der Waals surface area (Å²) in [5, 5.41) is 7.73. The number of halogens is 1. The zero-order valence-corrected chi connectivity index (χ0v) is 13.2. The number of amides is 1. The monoisotopic (exact) mass is 369 g/mol. The molecule has 1 aromatic heterocycles. The quantitative estimate of drug-likeness (QED) is 0.850. The number of carbonyl (C=O) groups excluding carboxylic acids is 1. The van der Waals surface area contributed by atoms with E-state index in [0.29, 0.717) is 10.0 Å². The summed E-state index contributed by atoms with van der Waals surface area (Å²) < 4.78 is 23.1. The van der Waals surface area contributed by atoms with Crippen LogP contribution in [0.4, 0.5) is 0 Å². The van der Waals surface area contributed by atoms with Crippen molar-refractivity contribution < 1.29 is 13.2 Å². The summed E-state index contributed by atoms with van der Waals surface area (Å²) in [4.78, 5) is 16.0. The highest BCUT2D eigenvalue weighted by Gasteiger charge is 2.12. The van der Waals surface area contributed by atoms with Crippen molar-refractivity contribution in [3.8, 4) is 0 Å². The fraction of sp³-hybridized carbons (Fsp3) is 0.0769. The van der Waals surface area contributed by atoms with Gasteiger partial charge in [0, 0.05) is 17.2 Å². The molecular weight excluding hydrogens is 358 g/mol. The SMILES string of the molecule is NS(=O)(=O)c1cccc(CNC(=O)c2ncccc2Br)c1. The van der Waals surface area contributed by atoms with E-state index in [-0.39, 0.29) is 23.0 Å². The minimum atomic E-state index is -3.76. The number of hydrogen-bond donors (Lipinski definition) is 2. The third-order valence-electron chi connectivity index (χ3n) is 2.65. The molecule has 0 spiro atoms. The van der Waals surface area contributed by atoms with E-state index >= 15 is 0 Å². The van der Waals surface area contributed by atoms with E-state index in [1.54, 1.807) is 24.3 Å². The standard InChI is InChI=1S/C13H12BrN3O3S/c14-11-5-2-6-16-12(11)13(18)17-8-9-3-1-4-10(7-9)21(15,19)20/h1-7H,8H2,(H,17,18)(H2,15,19,20). The Labute approximate surface area is 130 Å². The molecule has 8 heteroatoms. The molecule has 0 bridgehead atoms. The molecule has 2 rings (SSSR count). The first-order chi connectivity index (χ1) is 9.88. The topological polar surface area (TPSA) is 102 Å². The van der Waals surface area contributed by atoms with Crippen LogP contribution in [0.3, 0.4) is 0 Å². The van der Waals surface area contributed by atoms with Crippen molar-refractivity contribution in [2.24, 2.45) is 5.14 Å². The van der Waals surface area contributed by atoms with Crippen LogP contribution < -0.4 is 10.5 Å². The zero-order valence-electron chi connectivity index (χ0n) is 10.8. The molecular formula is C13H12BrN3O3S. The lowest BCUT2D eigenvalue weighted by Gasteiger charge is -2.07. The van der Waals surface area contributed by atoms with Crippen molar-refractivity contribution in [1.29, 1.82) is 0 Å². The lowest BCUT2D eigenvalue weighted by atomic mass is 10.2. The van der Waals surface area contributed by atoms with Gasteiger partial charge in [0.25, 0.3) is 5.91 Å². The van der Waals surface area contributed by atoms with E-state index < -0.39 is 10.0 Å². The van der Waals surface area contributed by atoms with Gasteiger partial charge in [0.1, 0.15) is 5.69 Å². The van der Waals surface area contributed by atoms with Crippen LogP contribution in [0.2, 0.25) is 0 Å². The maximum Gasteiger partial charge on any atom is 0.271 e. The van der Waals surface area contributed by atoms with Crippen LogP contribution in [0.5, 0.6) is 0 Å². The Kier molecular flexibility index (Phi) is 4.71. The molecule has 6 nitrogen and oxygen atoms in total. The molecule has 0 aliphatic carbocycles. The van der Waals surface area contributed by atoms with Crippen molar-refractivity contribution in [3.63, 3.8) is 0 Å². The predicted octanol–water partition coefficient (Wildman–Crippen LogP) is 1.42. The first kappa shape index (κ1) is 15.6. The van der Waals surface area contributed by atoms with Gasteiger partial charge in [-0.05, 0) is 45.8 Å². The Bertz CT molecular complexity index is 778. The van der Waals surface area contributed by atoms with Gasteiger partial charge in [0.05, 0.1) is 4.90 Å². The molecule has 0 aliphatic heterocycles. The van der Waals surface area contributed by atoms with E-state index in [1.165, 1.54) is 18.3 Å². The first-order valence-corrected chi connectivity index (χ1v) is 8.22. The molecule has 0 aliphatic rings. The average molecular weight is 370 g/mol. The molecule has 0 fully saturated rings. The van der Waals surface area contributed by atoms with Crippen molar-refractivity contribution in [2.45, 2.75) is 11.4 Å². The van der Waals surface area contributed by atoms with Crippen LogP contribution in [0.15, 0.2) is 52.0 Å². The minimum absolute atomic E-state index is 0.00765. The van der Waals surface area contributed by atoms with Gasteiger partial charge in [0.15, 0.2) is 0 Å². The maximum atomic E-state index is 12.0. The van der Waals surface area contributed by atoms with Gasteiger partial charge >= 0.3 is 0 Å². The second kappa shape index (κ2) is 6.33. The van der Waals surface area contributed by atoms with E-state index in [1.807, 2.05) is 0 Å². The third kappa shape index (κ3) is 4.10. The lowest BCUT2D eigenvalue weighted by molar-refractivity contribution is 0.0945. The number of sulfonamides is 1. The molecule has 0 atom stereocenters. The lowest BCUT2D eigenvalue weighted by Crippen LogP contribution is -2.24. The molecule has 0 saturated heterocycles. The van der Waals surface area contributed by atoms with Crippen LogP contribution in [-0.2, 0) is 16.6 Å². The minimum Gasteiger partial charge on any atom is -0.347 e. The second-order valence-electron chi connectivity index (χ2n) is 4.21. The molecule has 110 valence electrons. The molecule has 0 radical (unpaired) electrons. The number of carbonyl (C=O) groups is 1. The Morgan fingerprint density at radius 1 is 1.29 bits per heavy atom. The molecule has 1 heterocycles. The molecule has 0 unspecified atom stereocenters. The van der Waals surface area contributed by atoms with Crippen molar-refractivity contribution >= 4 is 31.9 Å². The molecule has 21 heavy (non-hydrogen) atoms. The Morgan fingerprint density at radius 2 is 2.05 bits per heavy atom. The van der Waals surface area contributed by atoms with E-state index in [9.17, 15) is 13.2 Å². The molecule has 2 aromatic rings. The number of primary sulfonamides is 1. The van der Waals surface area contributed by atoms with Gasteiger partial charge in [-0.15, -0.1) is 0 Å². The highest BCUT2D eigenvalue weighted by Crippen LogP contribution is 2.13. The Balaban J connectivity index is 2.11. The number of nitrogens with zero attached hydrogens (tertiary/aromatic N) is 1. The van der Waals surface area contributed by atoms with Crippen LogP contribution >= 0.6 is 15.9 Å². The second-order valence-corrected chi connectivity index (χ2v) is 6.62. The van der Waals surface area contributed by atoms with Crippen LogP contribution in [-0.4, -0.2) is 19.3 Å². The van der Waals surface area contributed by atoms with Gasteiger partial charge in [-0.3, -0.25) is 4.79 Å². The fourth-order valence-electron chi connectivity index (χ4n) is 1.65. The van der Waals surface area contributed by atoms with Crippen LogP contribution in [0.1, 0.15) is 16.1 Å². The fourth-order valence-corrected chi connectivity index (χ4v) is 2.67. The highest BCUT2D eigenvalue weighted by molar-refractivity contribution is 9.10. The Hall–Kier alpha value is -1.77. The molecule has 1 amide bonds. The number of benzene rings is 1. The number of nitrogens with one attached hydrogen (secondary N) is 1. The smallest absolute Gasteiger partial charge is 0.271 e. The summed E-state index contributed by atoms with van der Waals surface area (Å²) in [7, 11) is -3.76. The zero-order chi connectivity index (χ0) is 15.5. The normalized spacial score (nSPS) is 11.1. The van der Waals surface area contributed by atoms with Crippen LogP contribution in [0.25, 0.3) is 0 Å². The summed E-state index contributed by atoms with van der Waals surface area (Å²) in [5.74, 6) is -0.358. The first-order valence-electron chi connectivity index (χ1n) is 5.88. The summed E-state index contributed by atoms with van der Waals surface area (Å²) in [6.07, 6.45) is 1.52. The average Bonchev–Trinajstić information content (AvgIpc) is 2.45. The van der Waals surface area contributed by atoms with Crippen molar-refractivity contribution in [3.05, 3.63) is 58.3 Å². The predicted molar refractivity (Wildman–Crippen MR) is 80.9 cm³/mol. The summed E-state index contributed by atoms with van der Waals surface area (Å²) in [6.45, 7) is 0.172. The number of hydrogen-bond acceptors (Lipinski definition) is 4. The van der Waals surface area contributed by atoms with E-state index in [4.69, 9.17) is 5.14 Å². The Morgan fingerprint density at radius 3 is 2.71 bits per heavy atom. The molecule has 1 aromatic carbocycles. The van der Waals surface area contributed by atoms with Gasteiger partial charge in [-0.1, -0.05) is 12.1 Å². The molecule has 3 N–H and O–H groups in total. The van der Waals surface area contributed by atoms with Crippen molar-refractivity contribution in [1.82, 2.24) is 10.3 Å². The number of pyridine rings is 1. The third-order valence-corrected chi connectivity index (χ3v) is 4.20. The van der Waals surface area contributed by atoms with E-state index in [0.717, 1.165) is 0 Å². The van der Waals surface area contributed by atoms with E-state index in [2.05, 4.69) is 26.2 Å². The number of rotatable bonds is 4. The summed E-state index contributed by atoms with van der Waals surface area (Å²) >= 11 is 3.24.